The van der Waals surface area contributed by atoms with E-state index in [2.05, 4.69) is 31.2 Å². The van der Waals surface area contributed by atoms with Crippen LogP contribution in [0.15, 0.2) is 83.6 Å². The summed E-state index contributed by atoms with van der Waals surface area (Å²) >= 11 is 2.72. The predicted octanol–water partition coefficient (Wildman–Crippen LogP) is 5.01. The van der Waals surface area contributed by atoms with Crippen LogP contribution in [-0.2, 0) is 0 Å². The van der Waals surface area contributed by atoms with Crippen LogP contribution in [0.1, 0.15) is 87.8 Å². The van der Waals surface area contributed by atoms with Gasteiger partial charge in [0.05, 0.1) is 12.1 Å². The summed E-state index contributed by atoms with van der Waals surface area (Å²) < 4.78 is 26.5. The van der Waals surface area contributed by atoms with Gasteiger partial charge in [-0.05, 0) is 85.6 Å². The largest absolute Gasteiger partial charge is 0.348 e. The average molecular weight is 713 g/mol. The molecule has 4 N–H and O–H groups in total. The number of nitrogens with one attached hydrogen (secondary N) is 4. The number of nitrogens with zero attached hydrogens (tertiary/aromatic N) is 2. The number of carbonyl (C=O) groups is 4. The van der Waals surface area contributed by atoms with Gasteiger partial charge in [-0.25, -0.2) is 18.7 Å². The molecule has 4 atom stereocenters. The number of aromatic nitrogens is 2. The van der Waals surface area contributed by atoms with Crippen LogP contribution in [0.3, 0.4) is 0 Å². The van der Waals surface area contributed by atoms with Crippen molar-refractivity contribution in [2.24, 2.45) is 0 Å². The first-order chi connectivity index (χ1) is 24.2. The predicted molar refractivity (Wildman–Crippen MR) is 184 cm³/mol. The molecule has 2 aliphatic heterocycles. The van der Waals surface area contributed by atoms with Crippen LogP contribution in [0.25, 0.3) is 0 Å². The third-order valence-electron chi connectivity index (χ3n) is 8.66. The number of hydrogen-bond donors (Lipinski definition) is 4. The van der Waals surface area contributed by atoms with Gasteiger partial charge in [0.15, 0.2) is 0 Å². The summed E-state index contributed by atoms with van der Waals surface area (Å²) in [5, 5.41) is 17.6. The SMILES string of the molecule is O=C(NC1CNC(c2nc(C(=O)c3ccc(F)cc3)cs2)C1)c1ccc(C(=O)NC2CNC(c3nc(C(=O)c4ccc(F)cc4)cs3)C2)cc1. The summed E-state index contributed by atoms with van der Waals surface area (Å²) in [5.74, 6) is -1.91. The Hall–Kier alpha value is -5.02. The first kappa shape index (κ1) is 33.5. The summed E-state index contributed by atoms with van der Waals surface area (Å²) in [6, 6.07) is 16.6. The van der Waals surface area contributed by atoms with E-state index in [0.29, 0.717) is 59.6 Å². The number of hydrogen-bond acceptors (Lipinski definition) is 10. The quantitative estimate of drug-likeness (QED) is 0.148. The molecule has 2 aromatic heterocycles. The number of benzene rings is 3. The van der Waals surface area contributed by atoms with Crippen molar-refractivity contribution in [2.45, 2.75) is 37.0 Å². The zero-order valence-electron chi connectivity index (χ0n) is 26.3. The standard InChI is InChI=1S/C36H30F2N6O4S2/c37-23-9-5-19(6-10-23)31(45)29-17-49-35(43-29)27-13-25(15-39-27)41-33(47)21-1-2-22(4-3-21)34(48)42-26-14-28(40-16-26)36-44-30(18-50-36)32(46)20-7-11-24(38)12-8-20/h1-12,17-18,25-28,39-40H,13-16H2,(H,41,47)(H,42,48). The van der Waals surface area contributed by atoms with E-state index in [0.717, 1.165) is 10.0 Å². The lowest BCUT2D eigenvalue weighted by molar-refractivity contribution is 0.0927. The molecule has 5 aromatic rings. The molecule has 2 saturated heterocycles. The number of thiazole rings is 2. The van der Waals surface area contributed by atoms with Gasteiger partial charge in [-0.2, -0.15) is 0 Å². The van der Waals surface area contributed by atoms with Crippen molar-refractivity contribution in [3.63, 3.8) is 0 Å². The molecule has 14 heteroatoms. The highest BCUT2D eigenvalue weighted by molar-refractivity contribution is 7.10. The minimum atomic E-state index is -0.414. The Labute approximate surface area is 293 Å². The fraction of sp³-hybridized carbons (Fsp3) is 0.222. The molecule has 254 valence electrons. The Morgan fingerprint density at radius 2 is 0.940 bits per heavy atom. The van der Waals surface area contributed by atoms with Crippen LogP contribution in [0, 0.1) is 11.6 Å². The summed E-state index contributed by atoms with van der Waals surface area (Å²) in [6.45, 7) is 1.06. The molecule has 2 fully saturated rings. The van der Waals surface area contributed by atoms with E-state index in [4.69, 9.17) is 0 Å². The van der Waals surface area contributed by atoms with Crippen LogP contribution >= 0.6 is 22.7 Å². The Morgan fingerprint density at radius 3 is 1.32 bits per heavy atom. The number of halogens is 2. The topological polar surface area (TPSA) is 142 Å². The molecular formula is C36H30F2N6O4S2. The molecule has 3 aromatic carbocycles. The molecule has 2 amide bonds. The lowest BCUT2D eigenvalue weighted by Crippen LogP contribution is -2.37. The minimum Gasteiger partial charge on any atom is -0.348 e. The molecule has 0 aliphatic carbocycles. The molecule has 4 unspecified atom stereocenters. The van der Waals surface area contributed by atoms with Gasteiger partial charge < -0.3 is 21.3 Å². The van der Waals surface area contributed by atoms with Crippen LogP contribution in [0.2, 0.25) is 0 Å². The molecule has 7 rings (SSSR count). The van der Waals surface area contributed by atoms with Crippen LogP contribution in [0.4, 0.5) is 8.78 Å². The van der Waals surface area contributed by atoms with Crippen LogP contribution in [-0.4, -0.2) is 58.5 Å². The Morgan fingerprint density at radius 1 is 0.580 bits per heavy atom. The number of carbonyl (C=O) groups excluding carboxylic acids is 4. The summed E-state index contributed by atoms with van der Waals surface area (Å²) in [7, 11) is 0. The second-order valence-electron chi connectivity index (χ2n) is 12.1. The molecule has 2 aliphatic rings. The normalized spacial score (nSPS) is 20.0. The molecule has 0 bridgehead atoms. The zero-order valence-corrected chi connectivity index (χ0v) is 28.0. The zero-order chi connectivity index (χ0) is 34.8. The summed E-state index contributed by atoms with van der Waals surface area (Å²) in [4.78, 5) is 60.5. The maximum absolute atomic E-state index is 13.2. The molecule has 50 heavy (non-hydrogen) atoms. The minimum absolute atomic E-state index is 0.127. The lowest BCUT2D eigenvalue weighted by atomic mass is 10.1. The maximum atomic E-state index is 13.2. The van der Waals surface area contributed by atoms with Gasteiger partial charge in [-0.15, -0.1) is 22.7 Å². The smallest absolute Gasteiger partial charge is 0.251 e. The van der Waals surface area contributed by atoms with Crippen LogP contribution < -0.4 is 21.3 Å². The Bertz CT molecular complexity index is 1900. The molecule has 4 heterocycles. The Balaban J connectivity index is 0.879. The summed E-state index contributed by atoms with van der Waals surface area (Å²) in [6.07, 6.45) is 1.18. The summed E-state index contributed by atoms with van der Waals surface area (Å²) in [5.41, 5.74) is 2.16. The third-order valence-corrected chi connectivity index (χ3v) is 10.6. The van der Waals surface area contributed by atoms with E-state index < -0.39 is 11.6 Å². The highest BCUT2D eigenvalue weighted by Crippen LogP contribution is 2.29. The molecular weight excluding hydrogens is 683 g/mol. The van der Waals surface area contributed by atoms with E-state index in [1.807, 2.05) is 0 Å². The van der Waals surface area contributed by atoms with Gasteiger partial charge in [0, 0.05) is 58.2 Å². The van der Waals surface area contributed by atoms with E-state index >= 15 is 0 Å². The van der Waals surface area contributed by atoms with E-state index in [9.17, 15) is 28.0 Å². The second kappa shape index (κ2) is 14.5. The average Bonchev–Trinajstić information content (AvgIpc) is 3.96. The maximum Gasteiger partial charge on any atom is 0.251 e. The van der Waals surface area contributed by atoms with Crippen molar-refractivity contribution in [3.05, 3.63) is 139 Å². The number of amides is 2. The van der Waals surface area contributed by atoms with Crippen molar-refractivity contribution in [3.8, 4) is 0 Å². The fourth-order valence-electron chi connectivity index (χ4n) is 5.98. The highest BCUT2D eigenvalue weighted by Gasteiger charge is 2.31. The van der Waals surface area contributed by atoms with Gasteiger partial charge in [0.1, 0.15) is 33.0 Å². The molecule has 0 saturated carbocycles. The second-order valence-corrected chi connectivity index (χ2v) is 13.9. The first-order valence-corrected chi connectivity index (χ1v) is 17.7. The van der Waals surface area contributed by atoms with E-state index in [1.54, 1.807) is 35.0 Å². The van der Waals surface area contributed by atoms with E-state index in [-0.39, 0.29) is 47.5 Å². The lowest BCUT2D eigenvalue weighted by Gasteiger charge is -2.13. The van der Waals surface area contributed by atoms with Crippen molar-refractivity contribution in [2.75, 3.05) is 13.1 Å². The van der Waals surface area contributed by atoms with Gasteiger partial charge in [-0.1, -0.05) is 0 Å². The fourth-order valence-corrected chi connectivity index (χ4v) is 7.75. The van der Waals surface area contributed by atoms with Gasteiger partial charge in [0.25, 0.3) is 11.8 Å². The van der Waals surface area contributed by atoms with E-state index in [1.165, 1.54) is 71.2 Å². The number of ketones is 2. The monoisotopic (exact) mass is 712 g/mol. The first-order valence-electron chi connectivity index (χ1n) is 15.9. The highest BCUT2D eigenvalue weighted by atomic mass is 32.1. The number of rotatable bonds is 10. The Kier molecular flexibility index (Phi) is 9.68. The molecule has 10 nitrogen and oxygen atoms in total. The molecule has 0 radical (unpaired) electrons. The van der Waals surface area contributed by atoms with Gasteiger partial charge >= 0.3 is 0 Å². The van der Waals surface area contributed by atoms with Gasteiger partial charge in [0.2, 0.25) is 11.6 Å². The third kappa shape index (κ3) is 7.43. The van der Waals surface area contributed by atoms with Crippen molar-refractivity contribution in [1.82, 2.24) is 31.2 Å². The van der Waals surface area contributed by atoms with Crippen molar-refractivity contribution in [1.29, 1.82) is 0 Å². The van der Waals surface area contributed by atoms with Gasteiger partial charge in [-0.3, -0.25) is 19.2 Å². The van der Waals surface area contributed by atoms with Crippen molar-refractivity contribution < 1.29 is 28.0 Å². The van der Waals surface area contributed by atoms with Crippen molar-refractivity contribution >= 4 is 46.1 Å². The molecule has 0 spiro atoms. The van der Waals surface area contributed by atoms with Crippen LogP contribution in [0.5, 0.6) is 0 Å².